The van der Waals surface area contributed by atoms with Crippen LogP contribution in [0.2, 0.25) is 0 Å². The number of nitrogens with zero attached hydrogens (tertiary/aromatic N) is 1. The van der Waals surface area contributed by atoms with Crippen molar-refractivity contribution in [3.63, 3.8) is 0 Å². The second-order valence-corrected chi connectivity index (χ2v) is 9.06. The zero-order chi connectivity index (χ0) is 18.0. The Morgan fingerprint density at radius 2 is 1.85 bits per heavy atom. The van der Waals surface area contributed by atoms with Crippen LogP contribution in [0.15, 0.2) is 64.5 Å². The molecular formula is C20H23N3O2S. The van der Waals surface area contributed by atoms with Gasteiger partial charge >= 0.3 is 0 Å². The normalized spacial score (nSPS) is 21.8. The third-order valence-electron chi connectivity index (χ3n) is 5.37. The van der Waals surface area contributed by atoms with Crippen LogP contribution in [-0.2, 0) is 21.0 Å². The topological polar surface area (TPSA) is 70.6 Å². The largest absolute Gasteiger partial charge is 0.356 e. The quantitative estimate of drug-likeness (QED) is 0.848. The van der Waals surface area contributed by atoms with E-state index in [0.717, 1.165) is 36.6 Å². The lowest BCUT2D eigenvalue weighted by molar-refractivity contribution is 0.485. The first-order valence-electron chi connectivity index (χ1n) is 9.04. The van der Waals surface area contributed by atoms with E-state index in [1.165, 1.54) is 0 Å². The van der Waals surface area contributed by atoms with Crippen LogP contribution in [0.3, 0.4) is 0 Å². The van der Waals surface area contributed by atoms with Crippen molar-refractivity contribution in [2.45, 2.75) is 28.9 Å². The number of benzene rings is 2. The Morgan fingerprint density at radius 3 is 2.62 bits per heavy atom. The molecule has 0 spiro atoms. The van der Waals surface area contributed by atoms with E-state index in [9.17, 15) is 8.42 Å². The monoisotopic (exact) mass is 369 g/mol. The molecule has 0 bridgehead atoms. The number of aliphatic imine (C=N–C) groups is 1. The number of sulfone groups is 1. The summed E-state index contributed by atoms with van der Waals surface area (Å²) in [5.74, 6) is 0.767. The highest BCUT2D eigenvalue weighted by molar-refractivity contribution is 7.92. The number of hydrogen-bond donors (Lipinski definition) is 2. The van der Waals surface area contributed by atoms with Crippen molar-refractivity contribution in [2.24, 2.45) is 4.99 Å². The molecule has 2 aromatic carbocycles. The summed E-state index contributed by atoms with van der Waals surface area (Å²) in [6.07, 6.45) is 1.93. The summed E-state index contributed by atoms with van der Waals surface area (Å²) < 4.78 is 26.5. The van der Waals surface area contributed by atoms with Crippen molar-refractivity contribution in [1.29, 1.82) is 0 Å². The smallest absolute Gasteiger partial charge is 0.191 e. The summed E-state index contributed by atoms with van der Waals surface area (Å²) in [5.41, 5.74) is 2.09. The summed E-state index contributed by atoms with van der Waals surface area (Å²) in [6, 6.07) is 16.8. The first-order chi connectivity index (χ1) is 12.6. The molecule has 5 nitrogen and oxygen atoms in total. The SMILES string of the molecule is O=S(=O)(c1ccccc1)C1(CCNC2=NCCN2)CCc2ccccc21. The Bertz CT molecular complexity index is 925. The van der Waals surface area contributed by atoms with Gasteiger partial charge in [0.2, 0.25) is 0 Å². The molecule has 0 saturated carbocycles. The number of rotatable bonds is 5. The molecule has 6 heteroatoms. The van der Waals surface area contributed by atoms with Gasteiger partial charge in [-0.15, -0.1) is 0 Å². The van der Waals surface area contributed by atoms with E-state index in [1.807, 2.05) is 30.3 Å². The van der Waals surface area contributed by atoms with E-state index in [1.54, 1.807) is 24.3 Å². The van der Waals surface area contributed by atoms with Gasteiger partial charge in [0.25, 0.3) is 0 Å². The molecule has 1 unspecified atom stereocenters. The molecule has 1 atom stereocenters. The molecule has 0 amide bonds. The number of fused-ring (bicyclic) bond motifs is 1. The molecule has 1 aliphatic carbocycles. The Labute approximate surface area is 154 Å². The number of aryl methyl sites for hydroxylation is 1. The lowest BCUT2D eigenvalue weighted by Crippen LogP contribution is -2.40. The van der Waals surface area contributed by atoms with Crippen molar-refractivity contribution in [2.75, 3.05) is 19.6 Å². The minimum absolute atomic E-state index is 0.396. The average molecular weight is 369 g/mol. The van der Waals surface area contributed by atoms with Gasteiger partial charge in [-0.05, 0) is 42.5 Å². The lowest BCUT2D eigenvalue weighted by atomic mass is 9.96. The van der Waals surface area contributed by atoms with Crippen LogP contribution in [0, 0.1) is 0 Å². The van der Waals surface area contributed by atoms with Crippen LogP contribution in [0.25, 0.3) is 0 Å². The molecule has 136 valence electrons. The minimum Gasteiger partial charge on any atom is -0.356 e. The van der Waals surface area contributed by atoms with Crippen molar-refractivity contribution >= 4 is 15.8 Å². The van der Waals surface area contributed by atoms with E-state index in [4.69, 9.17) is 0 Å². The molecule has 0 saturated heterocycles. The van der Waals surface area contributed by atoms with Gasteiger partial charge < -0.3 is 10.6 Å². The molecule has 2 N–H and O–H groups in total. The van der Waals surface area contributed by atoms with Crippen LogP contribution < -0.4 is 10.6 Å². The predicted molar refractivity (Wildman–Crippen MR) is 103 cm³/mol. The van der Waals surface area contributed by atoms with E-state index >= 15 is 0 Å². The second kappa shape index (κ2) is 6.76. The molecule has 4 rings (SSSR count). The lowest BCUT2D eigenvalue weighted by Gasteiger charge is -2.30. The standard InChI is InChI=1S/C20H23N3O2S/c24-26(25,17-7-2-1-3-8-17)20(12-13-21-19-22-14-15-23-19)11-10-16-6-4-5-9-18(16)20/h1-9H,10-15H2,(H2,21,22,23). The fourth-order valence-corrected chi connectivity index (χ4v) is 6.25. The maximum absolute atomic E-state index is 13.7. The molecule has 2 aliphatic rings. The third kappa shape index (κ3) is 2.78. The Balaban J connectivity index is 1.71. The molecule has 1 aliphatic heterocycles. The van der Waals surface area contributed by atoms with Gasteiger partial charge in [-0.2, -0.15) is 0 Å². The van der Waals surface area contributed by atoms with Gasteiger partial charge in [-0.1, -0.05) is 42.5 Å². The number of guanidine groups is 1. The highest BCUT2D eigenvalue weighted by Gasteiger charge is 2.49. The van der Waals surface area contributed by atoms with Crippen LogP contribution >= 0.6 is 0 Å². The summed E-state index contributed by atoms with van der Waals surface area (Å²) >= 11 is 0. The summed E-state index contributed by atoms with van der Waals surface area (Å²) in [7, 11) is -3.51. The molecule has 2 aromatic rings. The van der Waals surface area contributed by atoms with Gasteiger partial charge in [0.15, 0.2) is 15.8 Å². The van der Waals surface area contributed by atoms with E-state index in [-0.39, 0.29) is 0 Å². The van der Waals surface area contributed by atoms with Gasteiger partial charge in [0.05, 0.1) is 11.4 Å². The van der Waals surface area contributed by atoms with Crippen LogP contribution in [0.5, 0.6) is 0 Å². The van der Waals surface area contributed by atoms with Crippen molar-refractivity contribution in [3.05, 3.63) is 65.7 Å². The van der Waals surface area contributed by atoms with Gasteiger partial charge in [0.1, 0.15) is 4.75 Å². The van der Waals surface area contributed by atoms with Crippen LogP contribution in [0.4, 0.5) is 0 Å². The summed E-state index contributed by atoms with van der Waals surface area (Å²) in [4.78, 5) is 4.73. The fourth-order valence-electron chi connectivity index (χ4n) is 4.05. The minimum atomic E-state index is -3.51. The average Bonchev–Trinajstić information content (AvgIpc) is 3.32. The molecular weight excluding hydrogens is 346 g/mol. The Hall–Kier alpha value is -2.34. The maximum Gasteiger partial charge on any atom is 0.191 e. The molecule has 0 radical (unpaired) electrons. The highest BCUT2D eigenvalue weighted by Crippen LogP contribution is 2.48. The van der Waals surface area contributed by atoms with Crippen LogP contribution in [0.1, 0.15) is 24.0 Å². The zero-order valence-electron chi connectivity index (χ0n) is 14.6. The molecule has 26 heavy (non-hydrogen) atoms. The van der Waals surface area contributed by atoms with Gasteiger partial charge in [-0.3, -0.25) is 4.99 Å². The van der Waals surface area contributed by atoms with Gasteiger partial charge in [-0.25, -0.2) is 8.42 Å². The molecule has 0 aromatic heterocycles. The third-order valence-corrected chi connectivity index (χ3v) is 7.92. The van der Waals surface area contributed by atoms with E-state index < -0.39 is 14.6 Å². The maximum atomic E-state index is 13.7. The second-order valence-electron chi connectivity index (χ2n) is 6.80. The molecule has 0 fully saturated rings. The van der Waals surface area contributed by atoms with Crippen LogP contribution in [-0.4, -0.2) is 34.0 Å². The van der Waals surface area contributed by atoms with Crippen molar-refractivity contribution in [3.8, 4) is 0 Å². The Morgan fingerprint density at radius 1 is 1.08 bits per heavy atom. The number of hydrogen-bond acceptors (Lipinski definition) is 5. The highest BCUT2D eigenvalue weighted by atomic mass is 32.2. The Kier molecular flexibility index (Phi) is 4.44. The van der Waals surface area contributed by atoms with Crippen molar-refractivity contribution in [1.82, 2.24) is 10.6 Å². The van der Waals surface area contributed by atoms with Gasteiger partial charge in [0, 0.05) is 13.1 Å². The summed E-state index contributed by atoms with van der Waals surface area (Å²) in [5, 5.41) is 6.44. The number of nitrogens with one attached hydrogen (secondary N) is 2. The van der Waals surface area contributed by atoms with Crippen molar-refractivity contribution < 1.29 is 8.42 Å². The fraction of sp³-hybridized carbons (Fsp3) is 0.350. The first kappa shape index (κ1) is 17.1. The predicted octanol–water partition coefficient (Wildman–Crippen LogP) is 2.24. The summed E-state index contributed by atoms with van der Waals surface area (Å²) in [6.45, 7) is 2.16. The van der Waals surface area contributed by atoms with E-state index in [2.05, 4.69) is 15.6 Å². The first-order valence-corrected chi connectivity index (χ1v) is 10.5. The molecule has 1 heterocycles. The van der Waals surface area contributed by atoms with E-state index in [0.29, 0.717) is 24.3 Å². The zero-order valence-corrected chi connectivity index (χ0v) is 15.4.